The van der Waals surface area contributed by atoms with Gasteiger partial charge in [-0.2, -0.15) is 0 Å². The van der Waals surface area contributed by atoms with Crippen LogP contribution in [0.4, 0.5) is 4.39 Å². The second kappa shape index (κ2) is 5.88. The Labute approximate surface area is 117 Å². The molecule has 0 aromatic heterocycles. The fourth-order valence-electron chi connectivity index (χ4n) is 2.26. The number of nitrogens with one attached hydrogen (secondary N) is 1. The van der Waals surface area contributed by atoms with Crippen molar-refractivity contribution in [3.05, 3.63) is 30.1 Å². The monoisotopic (exact) mass is 300 g/mol. The first-order chi connectivity index (χ1) is 9.40. The fourth-order valence-corrected chi connectivity index (χ4v) is 3.57. The number of carbonyl (C=O) groups is 1. The van der Waals surface area contributed by atoms with Crippen molar-refractivity contribution in [2.75, 3.05) is 13.1 Å². The third kappa shape index (κ3) is 3.34. The summed E-state index contributed by atoms with van der Waals surface area (Å²) < 4.78 is 40.0. The number of likely N-dealkylation sites (tertiary alicyclic amines) is 1. The Morgan fingerprint density at radius 1 is 1.40 bits per heavy atom. The maximum absolute atomic E-state index is 13.5. The van der Waals surface area contributed by atoms with Crippen molar-refractivity contribution < 1.29 is 17.6 Å². The largest absolute Gasteiger partial charge is 0.341 e. The topological polar surface area (TPSA) is 66.5 Å². The van der Waals surface area contributed by atoms with Gasteiger partial charge in [-0.3, -0.25) is 4.79 Å². The lowest BCUT2D eigenvalue weighted by atomic mass is 10.3. The number of benzene rings is 1. The molecule has 1 N–H and O–H groups in total. The zero-order valence-corrected chi connectivity index (χ0v) is 12.0. The Kier molecular flexibility index (Phi) is 4.39. The maximum Gasteiger partial charge on any atom is 0.243 e. The molecule has 1 aromatic rings. The van der Waals surface area contributed by atoms with Crippen LogP contribution in [0.2, 0.25) is 0 Å². The van der Waals surface area contributed by atoms with Crippen LogP contribution in [-0.4, -0.2) is 38.4 Å². The molecular weight excluding hydrogens is 283 g/mol. The van der Waals surface area contributed by atoms with Crippen LogP contribution in [0.25, 0.3) is 0 Å². The van der Waals surface area contributed by atoms with E-state index >= 15 is 0 Å². The predicted octanol–water partition coefficient (Wildman–Crippen LogP) is 1.11. The van der Waals surface area contributed by atoms with Crippen LogP contribution >= 0.6 is 0 Å². The van der Waals surface area contributed by atoms with E-state index in [1.165, 1.54) is 18.2 Å². The van der Waals surface area contributed by atoms with Crippen LogP contribution in [0.3, 0.4) is 0 Å². The predicted molar refractivity (Wildman–Crippen MR) is 72.0 cm³/mol. The van der Waals surface area contributed by atoms with Gasteiger partial charge in [0.15, 0.2) is 0 Å². The summed E-state index contributed by atoms with van der Waals surface area (Å²) in [6.07, 6.45) is 1.30. The van der Waals surface area contributed by atoms with E-state index in [-0.39, 0.29) is 10.8 Å². The Morgan fingerprint density at radius 3 is 2.70 bits per heavy atom. The minimum Gasteiger partial charge on any atom is -0.341 e. The van der Waals surface area contributed by atoms with Gasteiger partial charge in [0, 0.05) is 25.6 Å². The summed E-state index contributed by atoms with van der Waals surface area (Å²) in [7, 11) is -3.91. The highest BCUT2D eigenvalue weighted by Crippen LogP contribution is 2.15. The first-order valence-electron chi connectivity index (χ1n) is 6.45. The normalized spacial score (nSPS) is 17.5. The Hall–Kier alpha value is -1.47. The number of nitrogens with zero attached hydrogens (tertiary/aromatic N) is 1. The molecule has 1 fully saturated rings. The average molecular weight is 300 g/mol. The molecular formula is C13H17FN2O3S. The third-order valence-electron chi connectivity index (χ3n) is 3.15. The second-order valence-electron chi connectivity index (χ2n) is 4.90. The van der Waals surface area contributed by atoms with Gasteiger partial charge in [0.1, 0.15) is 10.7 Å². The maximum atomic E-state index is 13.5. The first kappa shape index (κ1) is 14.9. The lowest BCUT2D eigenvalue weighted by Crippen LogP contribution is -2.42. The quantitative estimate of drug-likeness (QED) is 0.886. The van der Waals surface area contributed by atoms with E-state index < -0.39 is 21.9 Å². The van der Waals surface area contributed by atoms with Crippen molar-refractivity contribution >= 4 is 15.9 Å². The van der Waals surface area contributed by atoms with Crippen molar-refractivity contribution in [1.82, 2.24) is 9.62 Å². The van der Waals surface area contributed by atoms with E-state index in [2.05, 4.69) is 4.72 Å². The zero-order valence-electron chi connectivity index (χ0n) is 11.2. The smallest absolute Gasteiger partial charge is 0.243 e. The highest BCUT2D eigenvalue weighted by atomic mass is 32.2. The molecule has 20 heavy (non-hydrogen) atoms. The standard InChI is InChI=1S/C13H17FN2O3S/c1-10(9-16-8-4-7-13(16)17)15-20(18,19)12-6-3-2-5-11(12)14/h2-3,5-6,10,15H,4,7-9H2,1H3. The summed E-state index contributed by atoms with van der Waals surface area (Å²) in [5, 5.41) is 0. The molecule has 0 aliphatic carbocycles. The number of halogens is 1. The molecule has 1 aliphatic heterocycles. The first-order valence-corrected chi connectivity index (χ1v) is 7.93. The zero-order chi connectivity index (χ0) is 14.8. The molecule has 1 saturated heterocycles. The van der Waals surface area contributed by atoms with Gasteiger partial charge in [0.2, 0.25) is 15.9 Å². The SMILES string of the molecule is CC(CN1CCCC1=O)NS(=O)(=O)c1ccccc1F. The average Bonchev–Trinajstić information content (AvgIpc) is 2.74. The molecule has 1 amide bonds. The summed E-state index contributed by atoms with van der Waals surface area (Å²) >= 11 is 0. The molecule has 1 heterocycles. The van der Waals surface area contributed by atoms with E-state index in [1.54, 1.807) is 11.8 Å². The summed E-state index contributed by atoms with van der Waals surface area (Å²) in [5.41, 5.74) is 0. The summed E-state index contributed by atoms with van der Waals surface area (Å²) in [6.45, 7) is 2.60. The lowest BCUT2D eigenvalue weighted by Gasteiger charge is -2.21. The molecule has 1 aromatic carbocycles. The van der Waals surface area contributed by atoms with Gasteiger partial charge in [0.25, 0.3) is 0 Å². The van der Waals surface area contributed by atoms with Gasteiger partial charge < -0.3 is 4.90 Å². The molecule has 0 radical (unpaired) electrons. The highest BCUT2D eigenvalue weighted by molar-refractivity contribution is 7.89. The molecule has 7 heteroatoms. The van der Waals surface area contributed by atoms with E-state index in [1.807, 2.05) is 0 Å². The lowest BCUT2D eigenvalue weighted by molar-refractivity contribution is -0.127. The van der Waals surface area contributed by atoms with Crippen molar-refractivity contribution in [2.45, 2.75) is 30.7 Å². The number of carbonyl (C=O) groups excluding carboxylic acids is 1. The van der Waals surface area contributed by atoms with Crippen molar-refractivity contribution in [2.24, 2.45) is 0 Å². The Balaban J connectivity index is 2.05. The van der Waals surface area contributed by atoms with Gasteiger partial charge in [-0.25, -0.2) is 17.5 Å². The number of amides is 1. The minimum absolute atomic E-state index is 0.0296. The minimum atomic E-state index is -3.91. The van der Waals surface area contributed by atoms with Crippen LogP contribution < -0.4 is 4.72 Å². The third-order valence-corrected chi connectivity index (χ3v) is 4.77. The van der Waals surface area contributed by atoms with E-state index in [9.17, 15) is 17.6 Å². The van der Waals surface area contributed by atoms with Crippen molar-refractivity contribution in [3.8, 4) is 0 Å². The molecule has 1 atom stereocenters. The van der Waals surface area contributed by atoms with Gasteiger partial charge >= 0.3 is 0 Å². The van der Waals surface area contributed by atoms with Crippen LogP contribution in [0.15, 0.2) is 29.2 Å². The molecule has 0 saturated carbocycles. The Bertz CT molecular complexity index is 603. The van der Waals surface area contributed by atoms with E-state index in [0.29, 0.717) is 19.5 Å². The highest BCUT2D eigenvalue weighted by Gasteiger charge is 2.25. The van der Waals surface area contributed by atoms with E-state index in [0.717, 1.165) is 12.5 Å². The van der Waals surface area contributed by atoms with Crippen LogP contribution in [0.1, 0.15) is 19.8 Å². The van der Waals surface area contributed by atoms with Gasteiger partial charge in [0.05, 0.1) is 0 Å². The molecule has 110 valence electrons. The molecule has 0 spiro atoms. The summed E-state index contributed by atoms with van der Waals surface area (Å²) in [5.74, 6) is -0.758. The fraction of sp³-hybridized carbons (Fsp3) is 0.462. The summed E-state index contributed by atoms with van der Waals surface area (Å²) in [6, 6.07) is 4.74. The van der Waals surface area contributed by atoms with E-state index in [4.69, 9.17) is 0 Å². The molecule has 5 nitrogen and oxygen atoms in total. The number of rotatable bonds is 5. The molecule has 0 bridgehead atoms. The van der Waals surface area contributed by atoms with Gasteiger partial charge in [-0.15, -0.1) is 0 Å². The second-order valence-corrected chi connectivity index (χ2v) is 6.58. The molecule has 1 unspecified atom stereocenters. The van der Waals surface area contributed by atoms with Gasteiger partial charge in [-0.05, 0) is 25.5 Å². The number of hydrogen-bond acceptors (Lipinski definition) is 3. The Morgan fingerprint density at radius 2 is 2.10 bits per heavy atom. The number of hydrogen-bond donors (Lipinski definition) is 1. The van der Waals surface area contributed by atoms with Crippen molar-refractivity contribution in [3.63, 3.8) is 0 Å². The number of sulfonamides is 1. The molecule has 2 rings (SSSR count). The molecule has 1 aliphatic rings. The van der Waals surface area contributed by atoms with Crippen LogP contribution in [0, 0.1) is 5.82 Å². The van der Waals surface area contributed by atoms with Gasteiger partial charge in [-0.1, -0.05) is 12.1 Å². The van der Waals surface area contributed by atoms with Crippen LogP contribution in [-0.2, 0) is 14.8 Å². The summed E-state index contributed by atoms with van der Waals surface area (Å²) in [4.78, 5) is 12.7. The van der Waals surface area contributed by atoms with Crippen molar-refractivity contribution in [1.29, 1.82) is 0 Å². The van der Waals surface area contributed by atoms with Crippen LogP contribution in [0.5, 0.6) is 0 Å².